The number of hydrogen-bond donors (Lipinski definition) is 3. The molecule has 0 aliphatic carbocycles. The Kier molecular flexibility index (Phi) is 4.39. The second-order valence-corrected chi connectivity index (χ2v) is 3.31. The normalized spacial score (nSPS) is 12.5. The van der Waals surface area contributed by atoms with E-state index >= 15 is 0 Å². The van der Waals surface area contributed by atoms with E-state index in [1.165, 1.54) is 13.2 Å². The van der Waals surface area contributed by atoms with Gasteiger partial charge < -0.3 is 20.1 Å². The van der Waals surface area contributed by atoms with Crippen LogP contribution < -0.4 is 4.74 Å². The fourth-order valence-electron chi connectivity index (χ4n) is 1.35. The average Bonchev–Trinajstić information content (AvgIpc) is 2.26. The molecule has 1 aromatic carbocycles. The number of phenolic OH excluding ortho intramolecular Hbond substituents is 1. The van der Waals surface area contributed by atoms with Crippen LogP contribution in [0.25, 0.3) is 0 Å². The topological polar surface area (TPSA) is 69.9 Å². The minimum atomic E-state index is -0.633. The summed E-state index contributed by atoms with van der Waals surface area (Å²) in [6.07, 6.45) is 0.404. The number of aromatic hydroxyl groups is 1. The first-order valence-corrected chi connectivity index (χ1v) is 4.85. The molecule has 1 rings (SSSR count). The van der Waals surface area contributed by atoms with E-state index < -0.39 is 6.10 Å². The van der Waals surface area contributed by atoms with Crippen molar-refractivity contribution in [1.29, 1.82) is 0 Å². The molecular weight excluding hydrogens is 196 g/mol. The highest BCUT2D eigenvalue weighted by molar-refractivity contribution is 5.42. The Morgan fingerprint density at radius 1 is 1.40 bits per heavy atom. The van der Waals surface area contributed by atoms with E-state index in [9.17, 15) is 10.2 Å². The predicted molar refractivity (Wildman–Crippen MR) is 55.9 cm³/mol. The molecular formula is C11H16O4. The number of ether oxygens (including phenoxy) is 1. The highest BCUT2D eigenvalue weighted by Gasteiger charge is 2.10. The fraction of sp³-hybridized carbons (Fsp3) is 0.455. The van der Waals surface area contributed by atoms with Crippen LogP contribution in [0.3, 0.4) is 0 Å². The van der Waals surface area contributed by atoms with E-state index in [0.717, 1.165) is 0 Å². The van der Waals surface area contributed by atoms with Crippen molar-refractivity contribution in [2.45, 2.75) is 18.9 Å². The Morgan fingerprint density at radius 3 is 2.73 bits per heavy atom. The van der Waals surface area contributed by atoms with Gasteiger partial charge in [-0.1, -0.05) is 6.07 Å². The van der Waals surface area contributed by atoms with Crippen molar-refractivity contribution in [2.75, 3.05) is 13.7 Å². The van der Waals surface area contributed by atoms with Crippen molar-refractivity contribution in [3.05, 3.63) is 23.8 Å². The van der Waals surface area contributed by atoms with Crippen molar-refractivity contribution >= 4 is 0 Å². The minimum absolute atomic E-state index is 0.0515. The zero-order valence-corrected chi connectivity index (χ0v) is 8.68. The molecule has 1 aromatic rings. The van der Waals surface area contributed by atoms with Gasteiger partial charge >= 0.3 is 0 Å². The van der Waals surface area contributed by atoms with Gasteiger partial charge in [-0.05, 0) is 30.5 Å². The van der Waals surface area contributed by atoms with Gasteiger partial charge in [0.2, 0.25) is 0 Å². The Morgan fingerprint density at radius 2 is 2.13 bits per heavy atom. The monoisotopic (exact) mass is 212 g/mol. The third-order valence-corrected chi connectivity index (χ3v) is 2.22. The number of aliphatic hydroxyl groups is 2. The number of benzene rings is 1. The molecule has 0 heterocycles. The largest absolute Gasteiger partial charge is 0.504 e. The van der Waals surface area contributed by atoms with Crippen molar-refractivity contribution in [3.8, 4) is 11.5 Å². The van der Waals surface area contributed by atoms with E-state index in [4.69, 9.17) is 9.84 Å². The summed E-state index contributed by atoms with van der Waals surface area (Å²) in [6.45, 7) is 0.0618. The molecule has 0 aromatic heterocycles. The first kappa shape index (κ1) is 11.8. The third-order valence-electron chi connectivity index (χ3n) is 2.22. The lowest BCUT2D eigenvalue weighted by molar-refractivity contribution is 0.151. The van der Waals surface area contributed by atoms with E-state index in [-0.39, 0.29) is 12.4 Å². The lowest BCUT2D eigenvalue weighted by Crippen LogP contribution is -1.99. The summed E-state index contributed by atoms with van der Waals surface area (Å²) in [6, 6.07) is 4.72. The maximum absolute atomic E-state index is 9.71. The zero-order valence-electron chi connectivity index (χ0n) is 8.68. The van der Waals surface area contributed by atoms with E-state index in [1.807, 2.05) is 0 Å². The zero-order chi connectivity index (χ0) is 11.3. The predicted octanol–water partition coefficient (Wildman–Crippen LogP) is 1.21. The molecule has 0 aliphatic heterocycles. The molecule has 4 heteroatoms. The molecule has 0 spiro atoms. The van der Waals surface area contributed by atoms with Crippen LogP contribution in [0.2, 0.25) is 0 Å². The lowest BCUT2D eigenvalue weighted by Gasteiger charge is -2.12. The Balaban J connectivity index is 2.76. The summed E-state index contributed by atoms with van der Waals surface area (Å²) in [4.78, 5) is 0. The fourth-order valence-corrected chi connectivity index (χ4v) is 1.35. The number of phenols is 1. The van der Waals surface area contributed by atoms with Crippen LogP contribution in [0.4, 0.5) is 0 Å². The van der Waals surface area contributed by atoms with Gasteiger partial charge in [0.05, 0.1) is 13.2 Å². The molecule has 0 saturated heterocycles. The van der Waals surface area contributed by atoms with Crippen LogP contribution >= 0.6 is 0 Å². The molecule has 4 nitrogen and oxygen atoms in total. The average molecular weight is 212 g/mol. The third kappa shape index (κ3) is 3.11. The Hall–Kier alpha value is -1.26. The van der Waals surface area contributed by atoms with Crippen LogP contribution in [-0.2, 0) is 0 Å². The molecule has 0 aliphatic rings. The van der Waals surface area contributed by atoms with Gasteiger partial charge in [0.1, 0.15) is 0 Å². The SMILES string of the molecule is COc1cc(C(O)CCCO)ccc1O. The Bertz CT molecular complexity index is 311. The first-order chi connectivity index (χ1) is 7.19. The first-order valence-electron chi connectivity index (χ1n) is 4.85. The quantitative estimate of drug-likeness (QED) is 0.686. The highest BCUT2D eigenvalue weighted by atomic mass is 16.5. The second-order valence-electron chi connectivity index (χ2n) is 3.31. The molecule has 0 bridgehead atoms. The van der Waals surface area contributed by atoms with Crippen molar-refractivity contribution < 1.29 is 20.1 Å². The lowest BCUT2D eigenvalue weighted by atomic mass is 10.0. The van der Waals surface area contributed by atoms with Gasteiger partial charge in [-0.15, -0.1) is 0 Å². The number of hydrogen-bond acceptors (Lipinski definition) is 4. The molecule has 1 atom stereocenters. The van der Waals surface area contributed by atoms with Gasteiger partial charge in [0, 0.05) is 6.61 Å². The van der Waals surface area contributed by atoms with E-state index in [0.29, 0.717) is 24.2 Å². The number of aliphatic hydroxyl groups excluding tert-OH is 2. The standard InChI is InChI=1S/C11H16O4/c1-15-11-7-8(4-5-10(11)14)9(13)3-2-6-12/h4-5,7,9,12-14H,2-3,6H2,1H3. The number of methoxy groups -OCH3 is 1. The minimum Gasteiger partial charge on any atom is -0.504 e. The molecule has 84 valence electrons. The second kappa shape index (κ2) is 5.58. The molecule has 0 fully saturated rings. The summed E-state index contributed by atoms with van der Waals surface area (Å²) in [7, 11) is 1.46. The maximum Gasteiger partial charge on any atom is 0.160 e. The van der Waals surface area contributed by atoms with Gasteiger partial charge in [-0.3, -0.25) is 0 Å². The van der Waals surface area contributed by atoms with Crippen molar-refractivity contribution in [3.63, 3.8) is 0 Å². The summed E-state index contributed by atoms with van der Waals surface area (Å²) in [5.41, 5.74) is 0.679. The Labute approximate surface area is 88.8 Å². The van der Waals surface area contributed by atoms with E-state index in [2.05, 4.69) is 0 Å². The summed E-state index contributed by atoms with van der Waals surface area (Å²) >= 11 is 0. The molecule has 0 radical (unpaired) electrons. The van der Waals surface area contributed by atoms with Gasteiger partial charge in [0.25, 0.3) is 0 Å². The summed E-state index contributed by atoms with van der Waals surface area (Å²) < 4.78 is 4.93. The molecule has 1 unspecified atom stereocenters. The van der Waals surface area contributed by atoms with Crippen LogP contribution in [0.5, 0.6) is 11.5 Å². The summed E-state index contributed by atoms with van der Waals surface area (Å²) in [5, 5.41) is 27.7. The summed E-state index contributed by atoms with van der Waals surface area (Å²) in [5.74, 6) is 0.395. The van der Waals surface area contributed by atoms with Crippen LogP contribution in [-0.4, -0.2) is 29.0 Å². The van der Waals surface area contributed by atoms with Gasteiger partial charge in [0.15, 0.2) is 11.5 Å². The maximum atomic E-state index is 9.71. The van der Waals surface area contributed by atoms with Crippen LogP contribution in [0, 0.1) is 0 Å². The van der Waals surface area contributed by atoms with Crippen molar-refractivity contribution in [2.24, 2.45) is 0 Å². The van der Waals surface area contributed by atoms with Crippen LogP contribution in [0.1, 0.15) is 24.5 Å². The molecule has 3 N–H and O–H groups in total. The highest BCUT2D eigenvalue weighted by Crippen LogP contribution is 2.30. The molecule has 0 saturated carbocycles. The van der Waals surface area contributed by atoms with E-state index in [1.54, 1.807) is 12.1 Å². The smallest absolute Gasteiger partial charge is 0.160 e. The molecule has 15 heavy (non-hydrogen) atoms. The molecule has 0 amide bonds. The van der Waals surface area contributed by atoms with Crippen molar-refractivity contribution in [1.82, 2.24) is 0 Å². The number of rotatable bonds is 5. The van der Waals surface area contributed by atoms with Crippen LogP contribution in [0.15, 0.2) is 18.2 Å². The van der Waals surface area contributed by atoms with Gasteiger partial charge in [-0.2, -0.15) is 0 Å². The van der Waals surface area contributed by atoms with Gasteiger partial charge in [-0.25, -0.2) is 0 Å².